The fraction of sp³-hybridized carbons (Fsp3) is 0.923. The van der Waals surface area contributed by atoms with Crippen LogP contribution in [-0.4, -0.2) is 40.6 Å². The van der Waals surface area contributed by atoms with Crippen molar-refractivity contribution in [3.05, 3.63) is 0 Å². The summed E-state index contributed by atoms with van der Waals surface area (Å²) in [5, 5.41) is 8.89. The van der Waals surface area contributed by atoms with Crippen molar-refractivity contribution in [2.45, 2.75) is 65.0 Å². The molecule has 0 aromatic rings. The van der Waals surface area contributed by atoms with E-state index in [4.69, 9.17) is 10.8 Å². The summed E-state index contributed by atoms with van der Waals surface area (Å²) in [5.74, 6) is -0.910. The molecule has 0 heterocycles. The quantitative estimate of drug-likeness (QED) is 0.609. The minimum absolute atomic E-state index is 0.542. The Morgan fingerprint density at radius 2 is 2.00 bits per heavy atom. The van der Waals surface area contributed by atoms with Gasteiger partial charge in [-0.3, -0.25) is 4.79 Å². The molecule has 4 nitrogen and oxygen atoms in total. The molecule has 3 N–H and O–H groups in total. The third-order valence-corrected chi connectivity index (χ3v) is 3.50. The number of hydrogen-bond donors (Lipinski definition) is 2. The summed E-state index contributed by atoms with van der Waals surface area (Å²) in [4.78, 5) is 13.2. The largest absolute Gasteiger partial charge is 0.480 e. The van der Waals surface area contributed by atoms with Gasteiger partial charge in [-0.25, -0.2) is 0 Å². The van der Waals surface area contributed by atoms with E-state index in [9.17, 15) is 4.79 Å². The molecule has 102 valence electrons. The molecule has 4 heteroatoms. The van der Waals surface area contributed by atoms with E-state index in [0.29, 0.717) is 12.5 Å². The second-order valence-electron chi connectivity index (χ2n) is 5.07. The van der Waals surface area contributed by atoms with E-state index >= 15 is 0 Å². The number of nitrogens with zero attached hydrogens (tertiary/aromatic N) is 1. The average Bonchev–Trinajstić information content (AvgIpc) is 2.28. The second-order valence-corrected chi connectivity index (χ2v) is 5.07. The summed E-state index contributed by atoms with van der Waals surface area (Å²) in [6, 6.07) is 0.601. The van der Waals surface area contributed by atoms with Crippen LogP contribution in [0.3, 0.4) is 0 Å². The molecule has 0 saturated carbocycles. The zero-order valence-corrected chi connectivity index (χ0v) is 11.7. The standard InChI is InChI=1S/C13H28N2O2/c1-5-11(3)15(6-2)10-8-7-9-13(4,14)12(16)17/h11H,5-10,14H2,1-4H3,(H,16,17). The summed E-state index contributed by atoms with van der Waals surface area (Å²) in [6.45, 7) is 10.2. The van der Waals surface area contributed by atoms with Gasteiger partial charge >= 0.3 is 5.97 Å². The number of carboxylic acid groups (broad SMARTS) is 1. The first-order chi connectivity index (χ1) is 7.85. The highest BCUT2D eigenvalue weighted by Gasteiger charge is 2.26. The smallest absolute Gasteiger partial charge is 0.323 e. The topological polar surface area (TPSA) is 66.6 Å². The molecule has 0 bridgehead atoms. The molecule has 2 atom stereocenters. The molecule has 2 unspecified atom stereocenters. The third-order valence-electron chi connectivity index (χ3n) is 3.50. The van der Waals surface area contributed by atoms with Gasteiger partial charge in [0.15, 0.2) is 0 Å². The lowest BCUT2D eigenvalue weighted by Gasteiger charge is -2.27. The molecule has 0 fully saturated rings. The van der Waals surface area contributed by atoms with E-state index in [1.165, 1.54) is 0 Å². The number of unbranched alkanes of at least 4 members (excludes halogenated alkanes) is 1. The van der Waals surface area contributed by atoms with E-state index in [2.05, 4.69) is 25.7 Å². The molecular weight excluding hydrogens is 216 g/mol. The van der Waals surface area contributed by atoms with Crippen LogP contribution < -0.4 is 5.73 Å². The number of aliphatic carboxylic acids is 1. The van der Waals surface area contributed by atoms with Crippen molar-refractivity contribution < 1.29 is 9.90 Å². The van der Waals surface area contributed by atoms with Gasteiger partial charge in [0.2, 0.25) is 0 Å². The van der Waals surface area contributed by atoms with Crippen LogP contribution >= 0.6 is 0 Å². The van der Waals surface area contributed by atoms with Crippen molar-refractivity contribution in [2.75, 3.05) is 13.1 Å². The van der Waals surface area contributed by atoms with Gasteiger partial charge in [0.25, 0.3) is 0 Å². The SMILES string of the molecule is CCC(C)N(CC)CCCCC(C)(N)C(=O)O. The maximum absolute atomic E-state index is 10.8. The number of nitrogens with two attached hydrogens (primary N) is 1. The van der Waals surface area contributed by atoms with Crippen LogP contribution in [0.25, 0.3) is 0 Å². The first-order valence-electron chi connectivity index (χ1n) is 6.61. The minimum atomic E-state index is -1.08. The van der Waals surface area contributed by atoms with Crippen LogP contribution in [-0.2, 0) is 4.79 Å². The number of carboxylic acids is 1. The number of carbonyl (C=O) groups is 1. The van der Waals surface area contributed by atoms with Gasteiger partial charge in [-0.2, -0.15) is 0 Å². The lowest BCUT2D eigenvalue weighted by atomic mass is 9.96. The van der Waals surface area contributed by atoms with E-state index in [1.54, 1.807) is 6.92 Å². The van der Waals surface area contributed by atoms with Crippen LogP contribution in [0.15, 0.2) is 0 Å². The Balaban J connectivity index is 3.87. The molecule has 0 aromatic carbocycles. The Bertz CT molecular complexity index is 229. The lowest BCUT2D eigenvalue weighted by molar-refractivity contribution is -0.142. The summed E-state index contributed by atoms with van der Waals surface area (Å²) < 4.78 is 0. The van der Waals surface area contributed by atoms with Crippen LogP contribution in [0.2, 0.25) is 0 Å². The first kappa shape index (κ1) is 16.4. The molecule has 0 saturated heterocycles. The van der Waals surface area contributed by atoms with Crippen LogP contribution in [0.5, 0.6) is 0 Å². The normalized spacial score (nSPS) is 16.8. The predicted molar refractivity (Wildman–Crippen MR) is 71.1 cm³/mol. The van der Waals surface area contributed by atoms with Crippen LogP contribution in [0.4, 0.5) is 0 Å². The molecule has 17 heavy (non-hydrogen) atoms. The summed E-state index contributed by atoms with van der Waals surface area (Å²) >= 11 is 0. The van der Waals surface area contributed by atoms with E-state index < -0.39 is 11.5 Å². The predicted octanol–water partition coefficient (Wildman–Crippen LogP) is 2.08. The molecule has 0 aliphatic rings. The van der Waals surface area contributed by atoms with Crippen molar-refractivity contribution in [2.24, 2.45) is 5.73 Å². The second kappa shape index (κ2) is 7.67. The summed E-state index contributed by atoms with van der Waals surface area (Å²) in [5.41, 5.74) is 4.61. The molecule has 0 aliphatic heterocycles. The average molecular weight is 244 g/mol. The van der Waals surface area contributed by atoms with E-state index in [1.807, 2.05) is 0 Å². The molecule has 0 amide bonds. The molecule has 0 rings (SSSR count). The number of rotatable bonds is 9. The van der Waals surface area contributed by atoms with Crippen molar-refractivity contribution in [3.63, 3.8) is 0 Å². The Morgan fingerprint density at radius 3 is 2.41 bits per heavy atom. The highest BCUT2D eigenvalue weighted by atomic mass is 16.4. The van der Waals surface area contributed by atoms with E-state index in [-0.39, 0.29) is 0 Å². The summed E-state index contributed by atoms with van der Waals surface area (Å²) in [7, 11) is 0. The van der Waals surface area contributed by atoms with Gasteiger partial charge in [0.1, 0.15) is 5.54 Å². The van der Waals surface area contributed by atoms with Gasteiger partial charge in [0, 0.05) is 6.04 Å². The monoisotopic (exact) mass is 244 g/mol. The van der Waals surface area contributed by atoms with Gasteiger partial charge < -0.3 is 15.7 Å². The van der Waals surface area contributed by atoms with Crippen LogP contribution in [0.1, 0.15) is 53.4 Å². The maximum atomic E-state index is 10.8. The molecule has 0 spiro atoms. The fourth-order valence-electron chi connectivity index (χ4n) is 1.86. The van der Waals surface area contributed by atoms with Crippen molar-refractivity contribution in [1.82, 2.24) is 4.90 Å². The summed E-state index contributed by atoms with van der Waals surface area (Å²) in [6.07, 6.45) is 3.57. The van der Waals surface area contributed by atoms with Gasteiger partial charge in [0.05, 0.1) is 0 Å². The third kappa shape index (κ3) is 6.03. The number of hydrogen-bond acceptors (Lipinski definition) is 3. The van der Waals surface area contributed by atoms with Gasteiger partial charge in [-0.05, 0) is 52.6 Å². The highest BCUT2D eigenvalue weighted by Crippen LogP contribution is 2.12. The molecule has 0 radical (unpaired) electrons. The lowest BCUT2D eigenvalue weighted by Crippen LogP contribution is -2.44. The zero-order valence-electron chi connectivity index (χ0n) is 11.7. The van der Waals surface area contributed by atoms with Crippen molar-refractivity contribution in [1.29, 1.82) is 0 Å². The Labute approximate surface area is 105 Å². The van der Waals surface area contributed by atoms with Crippen molar-refractivity contribution in [3.8, 4) is 0 Å². The van der Waals surface area contributed by atoms with Gasteiger partial charge in [-0.15, -0.1) is 0 Å². The van der Waals surface area contributed by atoms with Crippen LogP contribution in [0, 0.1) is 0 Å². The first-order valence-corrected chi connectivity index (χ1v) is 6.61. The maximum Gasteiger partial charge on any atom is 0.323 e. The fourth-order valence-corrected chi connectivity index (χ4v) is 1.86. The Kier molecular flexibility index (Phi) is 7.39. The minimum Gasteiger partial charge on any atom is -0.480 e. The Hall–Kier alpha value is -0.610. The van der Waals surface area contributed by atoms with Gasteiger partial charge in [-0.1, -0.05) is 13.8 Å². The van der Waals surface area contributed by atoms with E-state index in [0.717, 1.165) is 32.4 Å². The Morgan fingerprint density at radius 1 is 1.41 bits per heavy atom. The molecule has 0 aromatic heterocycles. The molecular formula is C13H28N2O2. The highest BCUT2D eigenvalue weighted by molar-refractivity contribution is 5.77. The zero-order chi connectivity index (χ0) is 13.5. The van der Waals surface area contributed by atoms with Crippen molar-refractivity contribution >= 4 is 5.97 Å². The molecule has 0 aliphatic carbocycles.